The summed E-state index contributed by atoms with van der Waals surface area (Å²) in [5.74, 6) is 0.823. The molecule has 2 rings (SSSR count). The Bertz CT molecular complexity index is 493. The van der Waals surface area contributed by atoms with Crippen LogP contribution in [-0.2, 0) is 6.42 Å². The highest BCUT2D eigenvalue weighted by Crippen LogP contribution is 2.20. The minimum absolute atomic E-state index is 0.537. The fourth-order valence-electron chi connectivity index (χ4n) is 1.69. The third-order valence-corrected chi connectivity index (χ3v) is 3.01. The summed E-state index contributed by atoms with van der Waals surface area (Å²) in [5.41, 5.74) is 1.78. The third-order valence-electron chi connectivity index (χ3n) is 2.51. The van der Waals surface area contributed by atoms with Crippen molar-refractivity contribution in [1.82, 2.24) is 10.3 Å². The van der Waals surface area contributed by atoms with Gasteiger partial charge in [-0.1, -0.05) is 29.8 Å². The molecule has 0 atom stereocenters. The van der Waals surface area contributed by atoms with E-state index < -0.39 is 0 Å². The molecule has 0 aliphatic rings. The lowest BCUT2D eigenvalue weighted by atomic mass is 10.3. The maximum Gasteiger partial charge on any atom is 0.195 e. The zero-order valence-electron chi connectivity index (χ0n) is 10.2. The highest BCUT2D eigenvalue weighted by molar-refractivity contribution is 9.10. The van der Waals surface area contributed by atoms with E-state index in [4.69, 9.17) is 4.42 Å². The van der Waals surface area contributed by atoms with Gasteiger partial charge in [-0.05, 0) is 31.2 Å². The molecule has 4 heteroatoms. The summed E-state index contributed by atoms with van der Waals surface area (Å²) in [6, 6.07) is 6.43. The van der Waals surface area contributed by atoms with Gasteiger partial charge < -0.3 is 9.73 Å². The van der Waals surface area contributed by atoms with Crippen molar-refractivity contribution in [2.24, 2.45) is 0 Å². The van der Waals surface area contributed by atoms with Crippen molar-refractivity contribution in [2.75, 3.05) is 6.54 Å². The molecule has 0 unspecified atom stereocenters. The summed E-state index contributed by atoms with van der Waals surface area (Å²) in [4.78, 5) is 4.47. The van der Waals surface area contributed by atoms with Crippen LogP contribution >= 0.6 is 15.9 Å². The Morgan fingerprint density at radius 1 is 1.41 bits per heavy atom. The molecule has 0 aliphatic carbocycles. The molecule has 1 aromatic carbocycles. The Morgan fingerprint density at radius 2 is 2.24 bits per heavy atom. The van der Waals surface area contributed by atoms with Crippen molar-refractivity contribution in [2.45, 2.75) is 32.7 Å². The number of aryl methyl sites for hydroxylation is 1. The molecule has 3 nitrogen and oxygen atoms in total. The number of oxazole rings is 1. The molecule has 17 heavy (non-hydrogen) atoms. The van der Waals surface area contributed by atoms with Gasteiger partial charge in [0, 0.05) is 16.9 Å². The zero-order valence-corrected chi connectivity index (χ0v) is 11.8. The molecule has 0 fully saturated rings. The van der Waals surface area contributed by atoms with E-state index in [0.717, 1.165) is 40.8 Å². The first-order valence-corrected chi connectivity index (χ1v) is 6.73. The Hall–Kier alpha value is -0.870. The van der Waals surface area contributed by atoms with Crippen molar-refractivity contribution >= 4 is 27.0 Å². The van der Waals surface area contributed by atoms with Gasteiger partial charge in [0.05, 0.1) is 0 Å². The lowest BCUT2D eigenvalue weighted by Crippen LogP contribution is -2.23. The fourth-order valence-corrected chi connectivity index (χ4v) is 2.03. The van der Waals surface area contributed by atoms with E-state index in [-0.39, 0.29) is 0 Å². The predicted octanol–water partition coefficient (Wildman–Crippen LogP) is 3.52. The highest BCUT2D eigenvalue weighted by atomic mass is 79.9. The zero-order chi connectivity index (χ0) is 12.3. The number of fused-ring (bicyclic) bond motifs is 1. The van der Waals surface area contributed by atoms with Gasteiger partial charge in [0.1, 0.15) is 5.52 Å². The molecule has 1 heterocycles. The van der Waals surface area contributed by atoms with Crippen LogP contribution in [0.15, 0.2) is 27.1 Å². The highest BCUT2D eigenvalue weighted by Gasteiger charge is 2.05. The van der Waals surface area contributed by atoms with Gasteiger partial charge in [-0.25, -0.2) is 4.98 Å². The SMILES string of the molecule is CC(C)NCCCc1nc2cc(Br)ccc2o1. The van der Waals surface area contributed by atoms with Crippen molar-refractivity contribution in [3.05, 3.63) is 28.6 Å². The molecule has 0 bridgehead atoms. The number of benzene rings is 1. The van der Waals surface area contributed by atoms with Crippen LogP contribution in [0, 0.1) is 0 Å². The number of aromatic nitrogens is 1. The first kappa shape index (κ1) is 12.6. The topological polar surface area (TPSA) is 38.1 Å². The summed E-state index contributed by atoms with van der Waals surface area (Å²) in [6.45, 7) is 5.30. The van der Waals surface area contributed by atoms with Crippen LogP contribution in [0.5, 0.6) is 0 Å². The molecule has 2 aromatic rings. The second-order valence-corrected chi connectivity index (χ2v) is 5.35. The predicted molar refractivity (Wildman–Crippen MR) is 73.2 cm³/mol. The summed E-state index contributed by atoms with van der Waals surface area (Å²) in [7, 11) is 0. The Morgan fingerprint density at radius 3 is 3.00 bits per heavy atom. The minimum atomic E-state index is 0.537. The van der Waals surface area contributed by atoms with E-state index in [2.05, 4.69) is 40.1 Å². The first-order chi connectivity index (χ1) is 8.15. The normalized spacial score (nSPS) is 11.5. The van der Waals surface area contributed by atoms with Crippen molar-refractivity contribution in [1.29, 1.82) is 0 Å². The molecule has 0 radical (unpaired) electrons. The quantitative estimate of drug-likeness (QED) is 0.858. The van der Waals surface area contributed by atoms with Crippen LogP contribution in [0.1, 0.15) is 26.2 Å². The Labute approximate surface area is 110 Å². The van der Waals surface area contributed by atoms with Gasteiger partial charge in [0.25, 0.3) is 0 Å². The monoisotopic (exact) mass is 296 g/mol. The maximum absolute atomic E-state index is 5.67. The number of halogens is 1. The smallest absolute Gasteiger partial charge is 0.195 e. The van der Waals surface area contributed by atoms with Gasteiger partial charge >= 0.3 is 0 Å². The van der Waals surface area contributed by atoms with E-state index in [0.29, 0.717) is 6.04 Å². The van der Waals surface area contributed by atoms with E-state index in [1.807, 2.05) is 18.2 Å². The lowest BCUT2D eigenvalue weighted by molar-refractivity contribution is 0.500. The Kier molecular flexibility index (Phi) is 4.18. The number of rotatable bonds is 5. The second kappa shape index (κ2) is 5.65. The fraction of sp³-hybridized carbons (Fsp3) is 0.462. The first-order valence-electron chi connectivity index (χ1n) is 5.93. The standard InChI is InChI=1S/C13H17BrN2O/c1-9(2)15-7-3-4-13-16-11-8-10(14)5-6-12(11)17-13/h5-6,8-9,15H,3-4,7H2,1-2H3. The molecule has 92 valence electrons. The molecule has 0 saturated carbocycles. The molecular formula is C13H17BrN2O. The average molecular weight is 297 g/mol. The molecule has 1 N–H and O–H groups in total. The van der Waals surface area contributed by atoms with Crippen LogP contribution < -0.4 is 5.32 Å². The summed E-state index contributed by atoms with van der Waals surface area (Å²) in [5, 5.41) is 3.38. The Balaban J connectivity index is 1.95. The minimum Gasteiger partial charge on any atom is -0.441 e. The molecule has 0 amide bonds. The molecular weight excluding hydrogens is 280 g/mol. The maximum atomic E-state index is 5.67. The summed E-state index contributed by atoms with van der Waals surface area (Å²) in [6.07, 6.45) is 1.93. The van der Waals surface area contributed by atoms with E-state index >= 15 is 0 Å². The molecule has 1 aromatic heterocycles. The lowest BCUT2D eigenvalue weighted by Gasteiger charge is -2.05. The molecule has 0 spiro atoms. The number of hydrogen-bond donors (Lipinski definition) is 1. The van der Waals surface area contributed by atoms with Gasteiger partial charge in [-0.2, -0.15) is 0 Å². The summed E-state index contributed by atoms with van der Waals surface area (Å²) < 4.78 is 6.70. The summed E-state index contributed by atoms with van der Waals surface area (Å²) >= 11 is 3.43. The van der Waals surface area contributed by atoms with Crippen LogP contribution in [0.4, 0.5) is 0 Å². The van der Waals surface area contributed by atoms with Crippen LogP contribution in [0.2, 0.25) is 0 Å². The molecule has 0 aliphatic heterocycles. The van der Waals surface area contributed by atoms with Crippen molar-refractivity contribution in [3.63, 3.8) is 0 Å². The van der Waals surface area contributed by atoms with E-state index in [1.165, 1.54) is 0 Å². The van der Waals surface area contributed by atoms with Gasteiger partial charge in [0.2, 0.25) is 0 Å². The van der Waals surface area contributed by atoms with Crippen molar-refractivity contribution < 1.29 is 4.42 Å². The van der Waals surface area contributed by atoms with Gasteiger partial charge in [-0.15, -0.1) is 0 Å². The van der Waals surface area contributed by atoms with E-state index in [1.54, 1.807) is 0 Å². The van der Waals surface area contributed by atoms with Gasteiger partial charge in [0.15, 0.2) is 11.5 Å². The second-order valence-electron chi connectivity index (χ2n) is 4.43. The average Bonchev–Trinajstić information content (AvgIpc) is 2.66. The van der Waals surface area contributed by atoms with Crippen molar-refractivity contribution in [3.8, 4) is 0 Å². The number of nitrogens with one attached hydrogen (secondary N) is 1. The number of hydrogen-bond acceptors (Lipinski definition) is 3. The number of nitrogens with zero attached hydrogens (tertiary/aromatic N) is 1. The van der Waals surface area contributed by atoms with Crippen LogP contribution in [0.3, 0.4) is 0 Å². The van der Waals surface area contributed by atoms with Gasteiger partial charge in [-0.3, -0.25) is 0 Å². The molecule has 0 saturated heterocycles. The largest absolute Gasteiger partial charge is 0.441 e. The van der Waals surface area contributed by atoms with Crippen LogP contribution in [-0.4, -0.2) is 17.6 Å². The van der Waals surface area contributed by atoms with Crippen LogP contribution in [0.25, 0.3) is 11.1 Å². The third kappa shape index (κ3) is 3.54. The van der Waals surface area contributed by atoms with E-state index in [9.17, 15) is 0 Å².